The number of aliphatic carboxylic acids is 1. The molecule has 1 aliphatic heterocycles. The molecule has 0 saturated carbocycles. The summed E-state index contributed by atoms with van der Waals surface area (Å²) < 4.78 is 0.979. The first-order valence-corrected chi connectivity index (χ1v) is 7.30. The van der Waals surface area contributed by atoms with E-state index in [4.69, 9.17) is 0 Å². The van der Waals surface area contributed by atoms with Crippen molar-refractivity contribution in [3.8, 4) is 0 Å². The molecule has 1 heterocycles. The summed E-state index contributed by atoms with van der Waals surface area (Å²) in [6, 6.07) is 6.58. The second kappa shape index (κ2) is 6.26. The molecule has 2 N–H and O–H groups in total. The molecule has 0 bridgehead atoms. The zero-order chi connectivity index (χ0) is 14.7. The third-order valence-electron chi connectivity index (χ3n) is 3.57. The highest BCUT2D eigenvalue weighted by molar-refractivity contribution is 9.10. The van der Waals surface area contributed by atoms with Crippen LogP contribution in [0.2, 0.25) is 0 Å². The standard InChI is InChI=1S/C14H17BrN2O3/c1-9-6-7-17(12(9)13(18)19)14(20)16-8-10-2-4-11(15)5-3-10/h2-5,9,12H,6-8H2,1H3,(H,16,20)(H,18,19). The van der Waals surface area contributed by atoms with Crippen molar-refractivity contribution in [3.63, 3.8) is 0 Å². The number of carboxylic acid groups (broad SMARTS) is 1. The Hall–Kier alpha value is -1.56. The van der Waals surface area contributed by atoms with Gasteiger partial charge in [0.15, 0.2) is 0 Å². The van der Waals surface area contributed by atoms with Gasteiger partial charge in [0.05, 0.1) is 0 Å². The molecule has 1 fully saturated rings. The van der Waals surface area contributed by atoms with Crippen LogP contribution in [-0.4, -0.2) is 34.6 Å². The summed E-state index contributed by atoms with van der Waals surface area (Å²) in [6.45, 7) is 2.74. The van der Waals surface area contributed by atoms with Crippen LogP contribution < -0.4 is 5.32 Å². The second-order valence-electron chi connectivity index (χ2n) is 5.03. The number of hydrogen-bond donors (Lipinski definition) is 2. The first-order chi connectivity index (χ1) is 9.49. The summed E-state index contributed by atoms with van der Waals surface area (Å²) in [4.78, 5) is 24.7. The van der Waals surface area contributed by atoms with Gasteiger partial charge >= 0.3 is 12.0 Å². The minimum absolute atomic E-state index is 0.00840. The van der Waals surface area contributed by atoms with E-state index in [1.807, 2.05) is 31.2 Å². The quantitative estimate of drug-likeness (QED) is 0.887. The molecule has 1 aromatic carbocycles. The molecule has 1 aliphatic rings. The molecule has 1 aromatic rings. The van der Waals surface area contributed by atoms with Gasteiger partial charge in [0.1, 0.15) is 6.04 Å². The highest BCUT2D eigenvalue weighted by Gasteiger charge is 2.39. The molecule has 108 valence electrons. The Morgan fingerprint density at radius 3 is 2.65 bits per heavy atom. The molecule has 1 saturated heterocycles. The molecular formula is C14H17BrN2O3. The summed E-state index contributed by atoms with van der Waals surface area (Å²) >= 11 is 3.35. The van der Waals surface area contributed by atoms with Gasteiger partial charge in [0, 0.05) is 17.6 Å². The van der Waals surface area contributed by atoms with Crippen LogP contribution in [0, 0.1) is 5.92 Å². The van der Waals surface area contributed by atoms with Gasteiger partial charge in [-0.25, -0.2) is 9.59 Å². The largest absolute Gasteiger partial charge is 0.480 e. The average Bonchev–Trinajstić information content (AvgIpc) is 2.80. The van der Waals surface area contributed by atoms with Crippen LogP contribution in [0.5, 0.6) is 0 Å². The van der Waals surface area contributed by atoms with Crippen LogP contribution in [-0.2, 0) is 11.3 Å². The zero-order valence-corrected chi connectivity index (χ0v) is 12.8. The number of benzene rings is 1. The van der Waals surface area contributed by atoms with Gasteiger partial charge in [0.2, 0.25) is 0 Å². The van der Waals surface area contributed by atoms with E-state index in [-0.39, 0.29) is 11.9 Å². The molecule has 0 spiro atoms. The SMILES string of the molecule is CC1CCN(C(=O)NCc2ccc(Br)cc2)C1C(=O)O. The van der Waals surface area contributed by atoms with E-state index < -0.39 is 12.0 Å². The third kappa shape index (κ3) is 3.30. The van der Waals surface area contributed by atoms with Gasteiger partial charge in [-0.05, 0) is 30.0 Å². The van der Waals surface area contributed by atoms with Crippen molar-refractivity contribution in [1.82, 2.24) is 10.2 Å². The highest BCUT2D eigenvalue weighted by atomic mass is 79.9. The summed E-state index contributed by atoms with van der Waals surface area (Å²) in [5.41, 5.74) is 0.973. The summed E-state index contributed by atoms with van der Waals surface area (Å²) in [5, 5.41) is 12.0. The molecule has 20 heavy (non-hydrogen) atoms. The number of carbonyl (C=O) groups excluding carboxylic acids is 1. The molecule has 0 aliphatic carbocycles. The van der Waals surface area contributed by atoms with Gasteiger partial charge in [-0.15, -0.1) is 0 Å². The monoisotopic (exact) mass is 340 g/mol. The smallest absolute Gasteiger partial charge is 0.326 e. The lowest BCUT2D eigenvalue weighted by molar-refractivity contribution is -0.142. The number of hydrogen-bond acceptors (Lipinski definition) is 2. The molecule has 2 unspecified atom stereocenters. The average molecular weight is 341 g/mol. The molecule has 2 rings (SSSR count). The maximum Gasteiger partial charge on any atom is 0.326 e. The van der Waals surface area contributed by atoms with E-state index in [0.29, 0.717) is 13.1 Å². The number of urea groups is 1. The Morgan fingerprint density at radius 2 is 2.05 bits per heavy atom. The van der Waals surface area contributed by atoms with Crippen LogP contribution in [0.3, 0.4) is 0 Å². The fourth-order valence-electron chi connectivity index (χ4n) is 2.43. The van der Waals surface area contributed by atoms with Crippen LogP contribution in [0.4, 0.5) is 4.79 Å². The maximum absolute atomic E-state index is 12.1. The molecule has 0 aromatic heterocycles. The van der Waals surface area contributed by atoms with Crippen molar-refractivity contribution < 1.29 is 14.7 Å². The Labute approximate surface area is 126 Å². The Bertz CT molecular complexity index is 504. The lowest BCUT2D eigenvalue weighted by Crippen LogP contribution is -2.47. The molecular weight excluding hydrogens is 324 g/mol. The number of amides is 2. The Morgan fingerprint density at radius 1 is 1.40 bits per heavy atom. The summed E-state index contributed by atoms with van der Waals surface area (Å²) in [5.74, 6) is -0.945. The number of nitrogens with one attached hydrogen (secondary N) is 1. The molecule has 0 radical (unpaired) electrons. The normalized spacial score (nSPS) is 21.8. The van der Waals surface area contributed by atoms with Crippen LogP contribution in [0.25, 0.3) is 0 Å². The lowest BCUT2D eigenvalue weighted by Gasteiger charge is -2.23. The van der Waals surface area contributed by atoms with E-state index in [2.05, 4.69) is 21.2 Å². The summed E-state index contributed by atoms with van der Waals surface area (Å²) in [7, 11) is 0. The van der Waals surface area contributed by atoms with Gasteiger partial charge in [0.25, 0.3) is 0 Å². The molecule has 2 atom stereocenters. The fraction of sp³-hybridized carbons (Fsp3) is 0.429. The van der Waals surface area contributed by atoms with E-state index in [1.165, 1.54) is 4.90 Å². The number of likely N-dealkylation sites (tertiary alicyclic amines) is 1. The van der Waals surface area contributed by atoms with Crippen molar-refractivity contribution in [2.45, 2.75) is 25.9 Å². The number of carbonyl (C=O) groups is 2. The van der Waals surface area contributed by atoms with Crippen molar-refractivity contribution in [2.75, 3.05) is 6.54 Å². The van der Waals surface area contributed by atoms with Crippen molar-refractivity contribution in [1.29, 1.82) is 0 Å². The highest BCUT2D eigenvalue weighted by Crippen LogP contribution is 2.24. The molecule has 5 nitrogen and oxygen atoms in total. The predicted octanol–water partition coefficient (Wildman–Crippen LogP) is 2.45. The third-order valence-corrected chi connectivity index (χ3v) is 4.10. The van der Waals surface area contributed by atoms with Crippen molar-refractivity contribution >= 4 is 27.9 Å². The van der Waals surface area contributed by atoms with Gasteiger partial charge < -0.3 is 15.3 Å². The predicted molar refractivity (Wildman–Crippen MR) is 78.3 cm³/mol. The van der Waals surface area contributed by atoms with Crippen molar-refractivity contribution in [2.24, 2.45) is 5.92 Å². The van der Waals surface area contributed by atoms with E-state index in [9.17, 15) is 14.7 Å². The number of rotatable bonds is 3. The zero-order valence-electron chi connectivity index (χ0n) is 11.2. The van der Waals surface area contributed by atoms with Crippen LogP contribution in [0.15, 0.2) is 28.7 Å². The van der Waals surface area contributed by atoms with Gasteiger partial charge in [-0.2, -0.15) is 0 Å². The van der Waals surface area contributed by atoms with E-state index in [0.717, 1.165) is 16.5 Å². The molecule has 6 heteroatoms. The lowest BCUT2D eigenvalue weighted by atomic mass is 10.0. The topological polar surface area (TPSA) is 69.6 Å². The van der Waals surface area contributed by atoms with E-state index in [1.54, 1.807) is 0 Å². The summed E-state index contributed by atoms with van der Waals surface area (Å²) in [6.07, 6.45) is 0.725. The van der Waals surface area contributed by atoms with E-state index >= 15 is 0 Å². The Balaban J connectivity index is 1.94. The molecule has 2 amide bonds. The maximum atomic E-state index is 12.1. The van der Waals surface area contributed by atoms with Crippen LogP contribution in [0.1, 0.15) is 18.9 Å². The number of carboxylic acids is 1. The fourth-order valence-corrected chi connectivity index (χ4v) is 2.70. The second-order valence-corrected chi connectivity index (χ2v) is 5.94. The van der Waals surface area contributed by atoms with Crippen LogP contribution >= 0.6 is 15.9 Å². The Kier molecular flexibility index (Phi) is 4.65. The van der Waals surface area contributed by atoms with Gasteiger partial charge in [-0.3, -0.25) is 0 Å². The minimum Gasteiger partial charge on any atom is -0.480 e. The minimum atomic E-state index is -0.936. The number of nitrogens with zero attached hydrogens (tertiary/aromatic N) is 1. The number of halogens is 1. The van der Waals surface area contributed by atoms with Gasteiger partial charge in [-0.1, -0.05) is 35.0 Å². The first kappa shape index (κ1) is 14.8. The van der Waals surface area contributed by atoms with Crippen molar-refractivity contribution in [3.05, 3.63) is 34.3 Å². The first-order valence-electron chi connectivity index (χ1n) is 6.50.